The van der Waals surface area contributed by atoms with Gasteiger partial charge in [-0.1, -0.05) is 23.7 Å². The number of nitrogens with one attached hydrogen (secondary N) is 1. The zero-order valence-corrected chi connectivity index (χ0v) is 11.8. The Labute approximate surface area is 118 Å². The molecular weight excluding hydrogens is 264 g/mol. The number of halogens is 1. The maximum Gasteiger partial charge on any atom is 0.236 e. The lowest BCUT2D eigenvalue weighted by molar-refractivity contribution is -0.129. The fraction of sp³-hybridized carbons (Fsp3) is 0.500. The highest BCUT2D eigenvalue weighted by Crippen LogP contribution is 2.22. The largest absolute Gasteiger partial charge is 0.490 e. The molecule has 1 amide bonds. The summed E-state index contributed by atoms with van der Waals surface area (Å²) in [6, 6.07) is 7.88. The molecule has 0 atom stereocenters. The van der Waals surface area contributed by atoms with Crippen molar-refractivity contribution in [3.63, 3.8) is 0 Å². The summed E-state index contributed by atoms with van der Waals surface area (Å²) in [7, 11) is 1.78. The monoisotopic (exact) mass is 282 g/mol. The van der Waals surface area contributed by atoms with Crippen LogP contribution in [0, 0.1) is 0 Å². The van der Waals surface area contributed by atoms with Gasteiger partial charge in [0.15, 0.2) is 0 Å². The van der Waals surface area contributed by atoms with Gasteiger partial charge in [-0.25, -0.2) is 0 Å². The van der Waals surface area contributed by atoms with E-state index in [1.54, 1.807) is 18.0 Å². The Hall–Kier alpha value is -1.26. The average molecular weight is 283 g/mol. The maximum atomic E-state index is 11.8. The van der Waals surface area contributed by atoms with Crippen LogP contribution >= 0.6 is 11.6 Å². The molecule has 1 aromatic rings. The average Bonchev–Trinajstić information content (AvgIpc) is 3.22. The van der Waals surface area contributed by atoms with Crippen LogP contribution in [0.15, 0.2) is 24.3 Å². The van der Waals surface area contributed by atoms with Crippen LogP contribution in [0.5, 0.6) is 5.75 Å². The highest BCUT2D eigenvalue weighted by atomic mass is 35.5. The Morgan fingerprint density at radius 2 is 2.21 bits per heavy atom. The summed E-state index contributed by atoms with van der Waals surface area (Å²) in [6.45, 7) is 1.40. The smallest absolute Gasteiger partial charge is 0.236 e. The molecule has 0 aromatic heterocycles. The summed E-state index contributed by atoms with van der Waals surface area (Å²) >= 11 is 5.98. The van der Waals surface area contributed by atoms with Gasteiger partial charge in [0.25, 0.3) is 0 Å². The summed E-state index contributed by atoms with van der Waals surface area (Å²) in [5.41, 5.74) is 0. The van der Waals surface area contributed by atoms with Crippen LogP contribution in [-0.2, 0) is 4.79 Å². The topological polar surface area (TPSA) is 41.6 Å². The number of rotatable bonds is 7. The number of nitrogens with zero attached hydrogens (tertiary/aromatic N) is 1. The molecule has 0 heterocycles. The SMILES string of the molecule is CN(CCOc1ccccc1Cl)C(=O)CNC1CC1. The summed E-state index contributed by atoms with van der Waals surface area (Å²) in [4.78, 5) is 13.4. The van der Waals surface area contributed by atoms with Crippen molar-refractivity contribution in [3.05, 3.63) is 29.3 Å². The molecule has 19 heavy (non-hydrogen) atoms. The Kier molecular flexibility index (Phi) is 5.05. The van der Waals surface area contributed by atoms with Crippen LogP contribution in [0.2, 0.25) is 5.02 Å². The third-order valence-corrected chi connectivity index (χ3v) is 3.38. The highest BCUT2D eigenvalue weighted by Gasteiger charge is 2.21. The first-order chi connectivity index (χ1) is 9.16. The Morgan fingerprint density at radius 1 is 1.47 bits per heavy atom. The van der Waals surface area contributed by atoms with E-state index in [0.29, 0.717) is 36.5 Å². The highest BCUT2D eigenvalue weighted by molar-refractivity contribution is 6.32. The van der Waals surface area contributed by atoms with Crippen LogP contribution in [0.3, 0.4) is 0 Å². The second-order valence-corrected chi connectivity index (χ2v) is 5.16. The molecule has 1 N–H and O–H groups in total. The second kappa shape index (κ2) is 6.78. The van der Waals surface area contributed by atoms with E-state index in [1.165, 1.54) is 12.8 Å². The van der Waals surface area contributed by atoms with Gasteiger partial charge in [0.1, 0.15) is 12.4 Å². The molecule has 5 heteroatoms. The molecule has 1 fully saturated rings. The van der Waals surface area contributed by atoms with Crippen molar-refractivity contribution in [2.24, 2.45) is 0 Å². The van der Waals surface area contributed by atoms with E-state index < -0.39 is 0 Å². The van der Waals surface area contributed by atoms with Crippen molar-refractivity contribution in [2.45, 2.75) is 18.9 Å². The second-order valence-electron chi connectivity index (χ2n) is 4.75. The van der Waals surface area contributed by atoms with Crippen molar-refractivity contribution < 1.29 is 9.53 Å². The first-order valence-electron chi connectivity index (χ1n) is 6.51. The van der Waals surface area contributed by atoms with E-state index in [0.717, 1.165) is 0 Å². The van der Waals surface area contributed by atoms with Gasteiger partial charge in [-0.2, -0.15) is 0 Å². The van der Waals surface area contributed by atoms with E-state index in [4.69, 9.17) is 16.3 Å². The predicted octanol–water partition coefficient (Wildman–Crippen LogP) is 1.93. The lowest BCUT2D eigenvalue weighted by Crippen LogP contribution is -2.38. The Bertz CT molecular complexity index is 435. The molecule has 0 bridgehead atoms. The van der Waals surface area contributed by atoms with Crippen LogP contribution in [0.4, 0.5) is 0 Å². The number of likely N-dealkylation sites (N-methyl/N-ethyl adjacent to an activating group) is 1. The molecule has 4 nitrogen and oxygen atoms in total. The molecule has 0 saturated heterocycles. The van der Waals surface area contributed by atoms with Crippen molar-refractivity contribution in [1.29, 1.82) is 0 Å². The van der Waals surface area contributed by atoms with Gasteiger partial charge in [0, 0.05) is 13.1 Å². The van der Waals surface area contributed by atoms with Gasteiger partial charge in [-0.15, -0.1) is 0 Å². The number of para-hydroxylation sites is 1. The molecule has 1 saturated carbocycles. The zero-order chi connectivity index (χ0) is 13.7. The van der Waals surface area contributed by atoms with Crippen LogP contribution in [0.25, 0.3) is 0 Å². The number of ether oxygens (including phenoxy) is 1. The predicted molar refractivity (Wildman–Crippen MR) is 75.6 cm³/mol. The summed E-state index contributed by atoms with van der Waals surface area (Å²) < 4.78 is 5.55. The number of hydrogen-bond acceptors (Lipinski definition) is 3. The zero-order valence-electron chi connectivity index (χ0n) is 11.1. The quantitative estimate of drug-likeness (QED) is 0.831. The molecule has 1 aromatic carbocycles. The number of amides is 1. The number of carbonyl (C=O) groups is 1. The van der Waals surface area contributed by atoms with Crippen LogP contribution in [0.1, 0.15) is 12.8 Å². The van der Waals surface area contributed by atoms with E-state index >= 15 is 0 Å². The molecule has 104 valence electrons. The van der Waals surface area contributed by atoms with Gasteiger partial charge in [-0.05, 0) is 25.0 Å². The van der Waals surface area contributed by atoms with Gasteiger partial charge in [0.2, 0.25) is 5.91 Å². The minimum Gasteiger partial charge on any atom is -0.490 e. The van der Waals surface area contributed by atoms with E-state index in [-0.39, 0.29) is 5.91 Å². The molecular formula is C14H19ClN2O2. The molecule has 1 aliphatic carbocycles. The Morgan fingerprint density at radius 3 is 2.89 bits per heavy atom. The van der Waals surface area contributed by atoms with E-state index in [1.807, 2.05) is 18.2 Å². The van der Waals surface area contributed by atoms with E-state index in [2.05, 4.69) is 5.32 Å². The minimum absolute atomic E-state index is 0.0923. The fourth-order valence-electron chi connectivity index (χ4n) is 1.63. The molecule has 0 aliphatic heterocycles. The Balaban J connectivity index is 1.66. The van der Waals surface area contributed by atoms with Crippen molar-refractivity contribution in [2.75, 3.05) is 26.7 Å². The van der Waals surface area contributed by atoms with Crippen molar-refractivity contribution in [3.8, 4) is 5.75 Å². The standard InChI is InChI=1S/C14H19ClN2O2/c1-17(14(18)10-16-11-6-7-11)8-9-19-13-5-3-2-4-12(13)15/h2-5,11,16H,6-10H2,1H3. The molecule has 1 aliphatic rings. The first-order valence-corrected chi connectivity index (χ1v) is 6.89. The van der Waals surface area contributed by atoms with Crippen LogP contribution in [-0.4, -0.2) is 43.6 Å². The van der Waals surface area contributed by atoms with Crippen molar-refractivity contribution >= 4 is 17.5 Å². The fourth-order valence-corrected chi connectivity index (χ4v) is 1.82. The first kappa shape index (κ1) is 14.2. The lowest BCUT2D eigenvalue weighted by Gasteiger charge is -2.18. The van der Waals surface area contributed by atoms with Crippen molar-refractivity contribution in [1.82, 2.24) is 10.2 Å². The summed E-state index contributed by atoms with van der Waals surface area (Å²) in [6.07, 6.45) is 2.37. The molecule has 0 unspecified atom stereocenters. The number of hydrogen-bond donors (Lipinski definition) is 1. The third kappa shape index (κ3) is 4.73. The molecule has 2 rings (SSSR count). The third-order valence-electron chi connectivity index (χ3n) is 3.07. The normalized spacial score (nSPS) is 14.2. The van der Waals surface area contributed by atoms with Gasteiger partial charge in [-0.3, -0.25) is 4.79 Å². The minimum atomic E-state index is 0.0923. The summed E-state index contributed by atoms with van der Waals surface area (Å²) in [5, 5.41) is 3.79. The van der Waals surface area contributed by atoms with E-state index in [9.17, 15) is 4.79 Å². The van der Waals surface area contributed by atoms with Gasteiger partial charge >= 0.3 is 0 Å². The van der Waals surface area contributed by atoms with Crippen LogP contribution < -0.4 is 10.1 Å². The molecule has 0 spiro atoms. The van der Waals surface area contributed by atoms with Gasteiger partial charge in [0.05, 0.1) is 18.1 Å². The summed E-state index contributed by atoms with van der Waals surface area (Å²) in [5.74, 6) is 0.746. The maximum absolute atomic E-state index is 11.8. The lowest BCUT2D eigenvalue weighted by atomic mass is 10.3. The number of carbonyl (C=O) groups excluding carboxylic acids is 1. The number of benzene rings is 1. The van der Waals surface area contributed by atoms with Gasteiger partial charge < -0.3 is 15.0 Å². The molecule has 0 radical (unpaired) electrons.